The van der Waals surface area contributed by atoms with Crippen LogP contribution in [0.25, 0.3) is 33.8 Å². The number of hydrogen-bond donors (Lipinski definition) is 2. The van der Waals surface area contributed by atoms with Gasteiger partial charge in [0.05, 0.1) is 22.4 Å². The lowest BCUT2D eigenvalue weighted by atomic mass is 9.98. The highest BCUT2D eigenvalue weighted by molar-refractivity contribution is 5.97. The summed E-state index contributed by atoms with van der Waals surface area (Å²) in [5, 5.41) is 26.8. The summed E-state index contributed by atoms with van der Waals surface area (Å²) in [4.78, 5) is 27.8. The lowest BCUT2D eigenvalue weighted by Gasteiger charge is -2.09. The van der Waals surface area contributed by atoms with Crippen molar-refractivity contribution in [1.29, 1.82) is 0 Å². The second-order valence-electron chi connectivity index (χ2n) is 6.98. The highest BCUT2D eigenvalue weighted by Crippen LogP contribution is 2.30. The Hall–Kier alpha value is -4.33. The van der Waals surface area contributed by atoms with Crippen LogP contribution in [-0.2, 0) is 0 Å². The average molecular weight is 415 g/mol. The zero-order chi connectivity index (χ0) is 22.1. The third-order valence-electron chi connectivity index (χ3n) is 4.78. The van der Waals surface area contributed by atoms with Crippen molar-refractivity contribution in [2.24, 2.45) is 0 Å². The summed E-state index contributed by atoms with van der Waals surface area (Å²) < 4.78 is 5.36. The Morgan fingerprint density at radius 2 is 1.48 bits per heavy atom. The minimum atomic E-state index is -1.12. The number of benzene rings is 2. The van der Waals surface area contributed by atoms with Crippen LogP contribution in [0.4, 0.5) is 0 Å². The second-order valence-corrected chi connectivity index (χ2v) is 6.98. The molecule has 0 aliphatic rings. The fourth-order valence-corrected chi connectivity index (χ4v) is 3.27. The van der Waals surface area contributed by atoms with E-state index in [1.165, 1.54) is 6.07 Å². The molecule has 0 bridgehead atoms. The largest absolute Gasteiger partial charge is 0.478 e. The molecule has 2 heterocycles. The van der Waals surface area contributed by atoms with Crippen molar-refractivity contribution in [1.82, 2.24) is 15.2 Å². The van der Waals surface area contributed by atoms with Gasteiger partial charge in [0, 0.05) is 24.2 Å². The van der Waals surface area contributed by atoms with Gasteiger partial charge in [-0.3, -0.25) is 4.98 Å². The van der Waals surface area contributed by atoms with Crippen molar-refractivity contribution in [2.75, 3.05) is 0 Å². The number of aromatic nitrogens is 3. The minimum Gasteiger partial charge on any atom is -0.478 e. The van der Waals surface area contributed by atoms with Gasteiger partial charge in [-0.05, 0) is 36.8 Å². The summed E-state index contributed by atoms with van der Waals surface area (Å²) in [6, 6.07) is 13.5. The maximum absolute atomic E-state index is 11.8. The highest BCUT2D eigenvalue weighted by atomic mass is 16.4. The summed E-state index contributed by atoms with van der Waals surface area (Å²) in [5.74, 6) is -1.67. The summed E-state index contributed by atoms with van der Waals surface area (Å²) >= 11 is 0. The molecule has 2 aromatic carbocycles. The van der Waals surface area contributed by atoms with E-state index in [-0.39, 0.29) is 17.0 Å². The van der Waals surface area contributed by atoms with Crippen molar-refractivity contribution in [2.45, 2.75) is 13.8 Å². The molecule has 0 spiro atoms. The Kier molecular flexibility index (Phi) is 5.04. The maximum atomic E-state index is 11.8. The molecule has 4 rings (SSSR count). The Labute approximate surface area is 176 Å². The minimum absolute atomic E-state index is 0.0249. The van der Waals surface area contributed by atoms with E-state index in [9.17, 15) is 19.8 Å². The average Bonchev–Trinajstić information content (AvgIpc) is 3.19. The van der Waals surface area contributed by atoms with Crippen LogP contribution in [0.15, 0.2) is 59.1 Å². The second kappa shape index (κ2) is 7.83. The zero-order valence-corrected chi connectivity index (χ0v) is 16.7. The Balaban J connectivity index is 1.73. The summed E-state index contributed by atoms with van der Waals surface area (Å²) in [5.41, 5.74) is 3.71. The Morgan fingerprint density at radius 1 is 0.806 bits per heavy atom. The first-order chi connectivity index (χ1) is 14.8. The molecular weight excluding hydrogens is 398 g/mol. The molecule has 0 fully saturated rings. The first-order valence-corrected chi connectivity index (χ1v) is 9.32. The number of nitrogens with zero attached hydrogens (tertiary/aromatic N) is 3. The Morgan fingerprint density at radius 3 is 2.10 bits per heavy atom. The van der Waals surface area contributed by atoms with Gasteiger partial charge in [-0.1, -0.05) is 29.8 Å². The molecule has 31 heavy (non-hydrogen) atoms. The molecule has 0 atom stereocenters. The lowest BCUT2D eigenvalue weighted by Crippen LogP contribution is -2.01. The lowest BCUT2D eigenvalue weighted by molar-refractivity contribution is 0.0686. The van der Waals surface area contributed by atoms with Gasteiger partial charge in [-0.25, -0.2) is 9.59 Å². The van der Waals surface area contributed by atoms with Crippen LogP contribution >= 0.6 is 0 Å². The molecule has 0 unspecified atom stereocenters. The van der Waals surface area contributed by atoms with E-state index in [0.717, 1.165) is 5.56 Å². The molecule has 4 aromatic rings. The van der Waals surface area contributed by atoms with E-state index in [1.54, 1.807) is 49.5 Å². The van der Waals surface area contributed by atoms with Crippen LogP contribution in [0.5, 0.6) is 0 Å². The molecule has 0 aliphatic carbocycles. The van der Waals surface area contributed by atoms with E-state index in [2.05, 4.69) is 15.2 Å². The van der Waals surface area contributed by atoms with Gasteiger partial charge in [0.25, 0.3) is 0 Å². The maximum Gasteiger partial charge on any atom is 0.336 e. The van der Waals surface area contributed by atoms with Gasteiger partial charge < -0.3 is 14.6 Å². The summed E-state index contributed by atoms with van der Waals surface area (Å²) in [6.07, 6.45) is 1.58. The topological polar surface area (TPSA) is 126 Å². The van der Waals surface area contributed by atoms with Crippen molar-refractivity contribution in [3.63, 3.8) is 0 Å². The SMILES string of the molecule is Cc1ccc(-c2ccc(-c3ccc(-c4nnc(C)o4)c(C(=O)O)c3)cn2)c(C(=O)O)c1. The third kappa shape index (κ3) is 3.91. The molecule has 8 nitrogen and oxygen atoms in total. The summed E-state index contributed by atoms with van der Waals surface area (Å²) in [7, 11) is 0. The van der Waals surface area contributed by atoms with Gasteiger partial charge in [0.15, 0.2) is 0 Å². The van der Waals surface area contributed by atoms with Crippen molar-refractivity contribution >= 4 is 11.9 Å². The smallest absolute Gasteiger partial charge is 0.336 e. The predicted octanol–water partition coefficient (Wildman–Crippen LogP) is 4.48. The van der Waals surface area contributed by atoms with Gasteiger partial charge in [0.1, 0.15) is 0 Å². The number of carboxylic acid groups (broad SMARTS) is 2. The monoisotopic (exact) mass is 415 g/mol. The van der Waals surface area contributed by atoms with Crippen molar-refractivity contribution in [3.05, 3.63) is 77.3 Å². The molecule has 8 heteroatoms. The van der Waals surface area contributed by atoms with E-state index >= 15 is 0 Å². The molecular formula is C23H17N3O5. The van der Waals surface area contributed by atoms with Crippen molar-refractivity contribution < 1.29 is 24.2 Å². The van der Waals surface area contributed by atoms with Crippen LogP contribution in [0, 0.1) is 13.8 Å². The molecule has 0 amide bonds. The van der Waals surface area contributed by atoms with E-state index in [0.29, 0.717) is 33.8 Å². The molecule has 0 saturated heterocycles. The fraction of sp³-hybridized carbons (Fsp3) is 0.0870. The quantitative estimate of drug-likeness (QED) is 0.488. The molecule has 2 N–H and O–H groups in total. The number of hydrogen-bond acceptors (Lipinski definition) is 6. The van der Waals surface area contributed by atoms with E-state index in [4.69, 9.17) is 4.42 Å². The van der Waals surface area contributed by atoms with E-state index < -0.39 is 11.9 Å². The van der Waals surface area contributed by atoms with Crippen LogP contribution in [0.1, 0.15) is 32.2 Å². The number of aryl methyl sites for hydroxylation is 2. The number of carbonyl (C=O) groups is 2. The number of carboxylic acids is 2. The van der Waals surface area contributed by atoms with Crippen LogP contribution in [0.2, 0.25) is 0 Å². The first kappa shape index (κ1) is 20.0. The number of aromatic carboxylic acids is 2. The predicted molar refractivity (Wildman–Crippen MR) is 112 cm³/mol. The van der Waals surface area contributed by atoms with Gasteiger partial charge >= 0.3 is 11.9 Å². The van der Waals surface area contributed by atoms with E-state index in [1.807, 2.05) is 13.0 Å². The number of rotatable bonds is 5. The third-order valence-corrected chi connectivity index (χ3v) is 4.78. The molecule has 2 aromatic heterocycles. The van der Waals surface area contributed by atoms with Crippen molar-refractivity contribution in [3.8, 4) is 33.8 Å². The molecule has 0 aliphatic heterocycles. The summed E-state index contributed by atoms with van der Waals surface area (Å²) in [6.45, 7) is 3.45. The first-order valence-electron chi connectivity index (χ1n) is 9.32. The van der Waals surface area contributed by atoms with Crippen LogP contribution in [-0.4, -0.2) is 37.3 Å². The van der Waals surface area contributed by atoms with Gasteiger partial charge in [0.2, 0.25) is 11.8 Å². The van der Waals surface area contributed by atoms with Gasteiger partial charge in [-0.15, -0.1) is 10.2 Å². The van der Waals surface area contributed by atoms with Gasteiger partial charge in [-0.2, -0.15) is 0 Å². The molecule has 0 saturated carbocycles. The number of pyridine rings is 1. The molecule has 0 radical (unpaired) electrons. The normalized spacial score (nSPS) is 10.8. The fourth-order valence-electron chi connectivity index (χ4n) is 3.27. The molecule has 154 valence electrons. The van der Waals surface area contributed by atoms with Crippen LogP contribution in [0.3, 0.4) is 0 Å². The Bertz CT molecular complexity index is 1310. The highest BCUT2D eigenvalue weighted by Gasteiger charge is 2.18. The van der Waals surface area contributed by atoms with Crippen LogP contribution < -0.4 is 0 Å². The standard InChI is InChI=1S/C23H17N3O5/c1-12-3-6-16(18(9-12)22(27)28)20-8-5-15(11-24-20)14-4-7-17(19(10-14)23(29)30)21-26-25-13(2)31-21/h3-11H,1-2H3,(H,27,28)(H,29,30). The zero-order valence-electron chi connectivity index (χ0n) is 16.7.